The predicted molar refractivity (Wildman–Crippen MR) is 219 cm³/mol. The first kappa shape index (κ1) is 28.8. The maximum atomic E-state index is 2.53. The quantitative estimate of drug-likeness (QED) is 0.177. The fourth-order valence-corrected chi connectivity index (χ4v) is 9.89. The van der Waals surface area contributed by atoms with E-state index in [1.165, 1.54) is 94.0 Å². The maximum absolute atomic E-state index is 2.53. The predicted octanol–water partition coefficient (Wildman–Crippen LogP) is 12.7. The van der Waals surface area contributed by atoms with Crippen LogP contribution in [-0.4, -0.2) is 9.13 Å². The SMILES string of the molecule is c1ccc(-c2cn(-c3ccccc3)c3c2ccc2c4ccccc4n(-c4ccc5c(c4)C4(c6ccccc6-c6ccccc64)c4ccccc4-5)c23)cc1. The van der Waals surface area contributed by atoms with Crippen molar-refractivity contribution in [3.8, 4) is 44.8 Å². The van der Waals surface area contributed by atoms with Gasteiger partial charge in [-0.1, -0.05) is 158 Å². The molecule has 246 valence electrons. The van der Waals surface area contributed by atoms with E-state index in [0.717, 1.165) is 5.69 Å². The lowest BCUT2D eigenvalue weighted by Crippen LogP contribution is -2.26. The monoisotopic (exact) mass is 672 g/mol. The van der Waals surface area contributed by atoms with Gasteiger partial charge in [0.25, 0.3) is 0 Å². The van der Waals surface area contributed by atoms with Crippen LogP contribution in [0.3, 0.4) is 0 Å². The van der Waals surface area contributed by atoms with Crippen molar-refractivity contribution in [3.05, 3.63) is 217 Å². The van der Waals surface area contributed by atoms with Crippen molar-refractivity contribution in [2.45, 2.75) is 5.41 Å². The van der Waals surface area contributed by atoms with Crippen molar-refractivity contribution in [1.29, 1.82) is 0 Å². The summed E-state index contributed by atoms with van der Waals surface area (Å²) < 4.78 is 4.94. The molecule has 2 aromatic heterocycles. The summed E-state index contributed by atoms with van der Waals surface area (Å²) in [7, 11) is 0. The van der Waals surface area contributed by atoms with Gasteiger partial charge in [-0.05, 0) is 80.4 Å². The highest BCUT2D eigenvalue weighted by Crippen LogP contribution is 2.63. The Morgan fingerprint density at radius 1 is 0.340 bits per heavy atom. The third-order valence-electron chi connectivity index (χ3n) is 12.0. The molecule has 53 heavy (non-hydrogen) atoms. The highest BCUT2D eigenvalue weighted by Gasteiger charge is 2.51. The van der Waals surface area contributed by atoms with E-state index in [9.17, 15) is 0 Å². The molecule has 12 rings (SSSR count). The van der Waals surface area contributed by atoms with Crippen molar-refractivity contribution in [1.82, 2.24) is 9.13 Å². The van der Waals surface area contributed by atoms with E-state index in [0.29, 0.717) is 0 Å². The number of para-hydroxylation sites is 2. The second-order valence-electron chi connectivity index (χ2n) is 14.4. The number of rotatable bonds is 3. The standard InChI is InChI=1S/C51H32N2/c1-3-15-33(16-4-1)43-32-52(34-17-5-2-6-18-34)49-42(43)30-29-41-40-22-10-14-26-48(40)53(50(41)49)35-27-28-39-38-21-9-13-25-46(38)51(47(39)31-35)44-23-11-7-19-36(44)37-20-8-12-24-45(37)51/h1-32H. The fraction of sp³-hybridized carbons (Fsp3) is 0.0196. The van der Waals surface area contributed by atoms with Gasteiger partial charge in [-0.15, -0.1) is 0 Å². The Balaban J connectivity index is 1.22. The van der Waals surface area contributed by atoms with Crippen LogP contribution < -0.4 is 0 Å². The molecule has 2 heteroatoms. The van der Waals surface area contributed by atoms with E-state index in [-0.39, 0.29) is 0 Å². The summed E-state index contributed by atoms with van der Waals surface area (Å²) in [5.74, 6) is 0. The second-order valence-corrected chi connectivity index (χ2v) is 14.4. The molecule has 0 amide bonds. The smallest absolute Gasteiger partial charge is 0.0788 e. The van der Waals surface area contributed by atoms with Crippen molar-refractivity contribution in [2.24, 2.45) is 0 Å². The minimum absolute atomic E-state index is 0.409. The van der Waals surface area contributed by atoms with Gasteiger partial charge in [0, 0.05) is 39.3 Å². The largest absolute Gasteiger partial charge is 0.314 e. The summed E-state index contributed by atoms with van der Waals surface area (Å²) in [6, 6.07) is 69.6. The number of hydrogen-bond acceptors (Lipinski definition) is 0. The molecule has 0 saturated heterocycles. The molecule has 2 nitrogen and oxygen atoms in total. The van der Waals surface area contributed by atoms with Crippen LogP contribution in [0.25, 0.3) is 77.5 Å². The van der Waals surface area contributed by atoms with Gasteiger partial charge in [0.1, 0.15) is 0 Å². The molecule has 2 heterocycles. The summed E-state index contributed by atoms with van der Waals surface area (Å²) in [4.78, 5) is 0. The average Bonchev–Trinajstić information content (AvgIpc) is 3.95. The van der Waals surface area contributed by atoms with Crippen LogP contribution in [0.1, 0.15) is 22.3 Å². The van der Waals surface area contributed by atoms with Gasteiger partial charge in [-0.25, -0.2) is 0 Å². The zero-order valence-corrected chi connectivity index (χ0v) is 28.9. The molecular formula is C51H32N2. The summed E-state index contributed by atoms with van der Waals surface area (Å²) in [6.45, 7) is 0. The van der Waals surface area contributed by atoms with Crippen molar-refractivity contribution < 1.29 is 0 Å². The molecule has 0 fully saturated rings. The van der Waals surface area contributed by atoms with Gasteiger partial charge in [0.05, 0.1) is 22.0 Å². The van der Waals surface area contributed by atoms with Gasteiger partial charge in [-0.2, -0.15) is 0 Å². The lowest BCUT2D eigenvalue weighted by molar-refractivity contribution is 0.792. The van der Waals surface area contributed by atoms with Crippen LogP contribution in [-0.2, 0) is 5.41 Å². The molecule has 10 aromatic rings. The third-order valence-corrected chi connectivity index (χ3v) is 12.0. The van der Waals surface area contributed by atoms with E-state index < -0.39 is 5.41 Å². The van der Waals surface area contributed by atoms with E-state index in [2.05, 4.69) is 203 Å². The number of nitrogens with zero attached hydrogens (tertiary/aromatic N) is 2. The van der Waals surface area contributed by atoms with Gasteiger partial charge in [0.2, 0.25) is 0 Å². The molecule has 0 aliphatic heterocycles. The Kier molecular flexibility index (Phi) is 5.73. The fourth-order valence-electron chi connectivity index (χ4n) is 9.89. The lowest BCUT2D eigenvalue weighted by Gasteiger charge is -2.30. The Bertz CT molecular complexity index is 3040. The van der Waals surface area contributed by atoms with Crippen LogP contribution in [0.15, 0.2) is 194 Å². The first-order valence-electron chi connectivity index (χ1n) is 18.4. The molecule has 0 N–H and O–H groups in total. The number of benzene rings is 8. The normalized spacial score (nSPS) is 13.4. The van der Waals surface area contributed by atoms with Crippen LogP contribution in [0.2, 0.25) is 0 Å². The summed E-state index contributed by atoms with van der Waals surface area (Å²) in [5, 5.41) is 3.74. The van der Waals surface area contributed by atoms with Crippen LogP contribution >= 0.6 is 0 Å². The third kappa shape index (κ3) is 3.67. The first-order valence-corrected chi connectivity index (χ1v) is 18.4. The van der Waals surface area contributed by atoms with Crippen molar-refractivity contribution in [3.63, 3.8) is 0 Å². The number of aromatic nitrogens is 2. The lowest BCUT2D eigenvalue weighted by atomic mass is 9.70. The maximum Gasteiger partial charge on any atom is 0.0788 e. The minimum Gasteiger partial charge on any atom is -0.314 e. The molecule has 1 spiro atoms. The van der Waals surface area contributed by atoms with E-state index >= 15 is 0 Å². The van der Waals surface area contributed by atoms with E-state index in [4.69, 9.17) is 0 Å². The Morgan fingerprint density at radius 3 is 1.57 bits per heavy atom. The molecule has 0 radical (unpaired) electrons. The summed E-state index contributed by atoms with van der Waals surface area (Å²) in [6.07, 6.45) is 2.33. The highest BCUT2D eigenvalue weighted by atomic mass is 15.0. The Hall–Kier alpha value is -6.90. The molecule has 8 aromatic carbocycles. The second kappa shape index (κ2) is 10.6. The zero-order valence-electron chi connectivity index (χ0n) is 28.9. The Morgan fingerprint density at radius 2 is 0.887 bits per heavy atom. The van der Waals surface area contributed by atoms with Gasteiger partial charge >= 0.3 is 0 Å². The van der Waals surface area contributed by atoms with Gasteiger partial charge in [-0.3, -0.25) is 0 Å². The number of fused-ring (bicyclic) bond motifs is 15. The van der Waals surface area contributed by atoms with Crippen LogP contribution in [0.4, 0.5) is 0 Å². The Labute approximate surface area is 307 Å². The summed E-state index contributed by atoms with van der Waals surface area (Å²) in [5.41, 5.74) is 18.7. The molecule has 2 aliphatic rings. The van der Waals surface area contributed by atoms with E-state index in [1.54, 1.807) is 0 Å². The molecule has 0 bridgehead atoms. The molecular weight excluding hydrogens is 641 g/mol. The molecule has 2 aliphatic carbocycles. The van der Waals surface area contributed by atoms with E-state index in [1.807, 2.05) is 0 Å². The van der Waals surface area contributed by atoms with Crippen molar-refractivity contribution in [2.75, 3.05) is 0 Å². The van der Waals surface area contributed by atoms with Crippen LogP contribution in [0, 0.1) is 0 Å². The molecule has 0 saturated carbocycles. The zero-order chi connectivity index (χ0) is 34.7. The molecule has 0 unspecified atom stereocenters. The minimum atomic E-state index is -0.409. The van der Waals surface area contributed by atoms with Crippen LogP contribution in [0.5, 0.6) is 0 Å². The molecule has 0 atom stereocenters. The van der Waals surface area contributed by atoms with Gasteiger partial charge in [0.15, 0.2) is 0 Å². The van der Waals surface area contributed by atoms with Gasteiger partial charge < -0.3 is 9.13 Å². The topological polar surface area (TPSA) is 9.86 Å². The highest BCUT2D eigenvalue weighted by molar-refractivity contribution is 6.20. The average molecular weight is 673 g/mol. The first-order chi connectivity index (χ1) is 26.3. The summed E-state index contributed by atoms with van der Waals surface area (Å²) >= 11 is 0. The van der Waals surface area contributed by atoms with Crippen molar-refractivity contribution >= 4 is 32.7 Å². The number of hydrogen-bond donors (Lipinski definition) is 0.